The molecule has 4 heteroatoms. The molecule has 106 valence electrons. The molecule has 0 aliphatic heterocycles. The SMILES string of the molecule is Cc1cc(C)cc(-c2nc(Cl)c3ccc(Br)c(C)c3n2)c1. The van der Waals surface area contributed by atoms with Crippen LogP contribution < -0.4 is 0 Å². The summed E-state index contributed by atoms with van der Waals surface area (Å²) in [6, 6.07) is 10.2. The molecule has 0 radical (unpaired) electrons. The molecule has 2 nitrogen and oxygen atoms in total. The lowest BCUT2D eigenvalue weighted by Crippen LogP contribution is -1.95. The maximum absolute atomic E-state index is 6.35. The Morgan fingerprint density at radius 2 is 1.62 bits per heavy atom. The lowest BCUT2D eigenvalue weighted by atomic mass is 10.1. The predicted molar refractivity (Wildman–Crippen MR) is 91.9 cm³/mol. The number of rotatable bonds is 1. The molecule has 1 heterocycles. The van der Waals surface area contributed by atoms with Gasteiger partial charge in [0, 0.05) is 15.4 Å². The topological polar surface area (TPSA) is 25.8 Å². The molecule has 0 fully saturated rings. The molecule has 3 aromatic rings. The third-order valence-electron chi connectivity index (χ3n) is 3.49. The highest BCUT2D eigenvalue weighted by Gasteiger charge is 2.11. The second kappa shape index (κ2) is 5.39. The van der Waals surface area contributed by atoms with Crippen molar-refractivity contribution in [3.05, 3.63) is 56.6 Å². The first kappa shape index (κ1) is 14.5. The van der Waals surface area contributed by atoms with E-state index in [0.29, 0.717) is 11.0 Å². The first-order chi connectivity index (χ1) is 9.95. The van der Waals surface area contributed by atoms with Crippen LogP contribution in [0.5, 0.6) is 0 Å². The van der Waals surface area contributed by atoms with Crippen LogP contribution in [0, 0.1) is 20.8 Å². The van der Waals surface area contributed by atoms with Crippen LogP contribution in [-0.4, -0.2) is 9.97 Å². The summed E-state index contributed by atoms with van der Waals surface area (Å²) >= 11 is 9.89. The first-order valence-electron chi connectivity index (χ1n) is 6.67. The normalized spacial score (nSPS) is 11.1. The molecular weight excluding hydrogens is 348 g/mol. The van der Waals surface area contributed by atoms with Crippen LogP contribution in [0.1, 0.15) is 16.7 Å². The Labute approximate surface area is 137 Å². The Kier molecular flexibility index (Phi) is 3.72. The number of nitrogens with zero attached hydrogens (tertiary/aromatic N) is 2. The highest BCUT2D eigenvalue weighted by molar-refractivity contribution is 9.10. The Hall–Kier alpha value is -1.45. The largest absolute Gasteiger partial charge is 0.228 e. The molecule has 0 saturated heterocycles. The average molecular weight is 362 g/mol. The van der Waals surface area contributed by atoms with E-state index in [2.05, 4.69) is 53.0 Å². The molecule has 0 bridgehead atoms. The summed E-state index contributed by atoms with van der Waals surface area (Å²) in [5.74, 6) is 0.667. The lowest BCUT2D eigenvalue weighted by molar-refractivity contribution is 1.20. The number of halogens is 2. The molecule has 0 aliphatic rings. The zero-order chi connectivity index (χ0) is 15.1. The summed E-state index contributed by atoms with van der Waals surface area (Å²) < 4.78 is 1.02. The minimum absolute atomic E-state index is 0.491. The molecule has 0 spiro atoms. The number of benzene rings is 2. The zero-order valence-corrected chi connectivity index (χ0v) is 14.4. The maximum atomic E-state index is 6.35. The van der Waals surface area contributed by atoms with Gasteiger partial charge in [0.05, 0.1) is 5.52 Å². The Balaban J connectivity index is 2.31. The van der Waals surface area contributed by atoms with E-state index in [1.165, 1.54) is 11.1 Å². The van der Waals surface area contributed by atoms with Crippen LogP contribution in [0.4, 0.5) is 0 Å². The van der Waals surface area contributed by atoms with Gasteiger partial charge in [-0.2, -0.15) is 0 Å². The summed E-state index contributed by atoms with van der Waals surface area (Å²) in [5, 5.41) is 1.37. The van der Waals surface area contributed by atoms with Crippen LogP contribution in [0.2, 0.25) is 5.15 Å². The molecule has 0 unspecified atom stereocenters. The van der Waals surface area contributed by atoms with E-state index < -0.39 is 0 Å². The maximum Gasteiger partial charge on any atom is 0.161 e. The van der Waals surface area contributed by atoms with Crippen molar-refractivity contribution in [2.24, 2.45) is 0 Å². The minimum atomic E-state index is 0.491. The molecule has 2 aromatic carbocycles. The van der Waals surface area contributed by atoms with Gasteiger partial charge in [-0.15, -0.1) is 0 Å². The van der Waals surface area contributed by atoms with Crippen molar-refractivity contribution < 1.29 is 0 Å². The zero-order valence-electron chi connectivity index (χ0n) is 12.0. The quantitative estimate of drug-likeness (QED) is 0.524. The van der Waals surface area contributed by atoms with Gasteiger partial charge in [-0.05, 0) is 50.6 Å². The Morgan fingerprint density at radius 3 is 2.29 bits per heavy atom. The molecule has 0 N–H and O–H groups in total. The highest BCUT2D eigenvalue weighted by atomic mass is 79.9. The van der Waals surface area contributed by atoms with Crippen LogP contribution >= 0.6 is 27.5 Å². The van der Waals surface area contributed by atoms with Crippen LogP contribution in [0.25, 0.3) is 22.3 Å². The van der Waals surface area contributed by atoms with Crippen molar-refractivity contribution in [2.45, 2.75) is 20.8 Å². The van der Waals surface area contributed by atoms with Gasteiger partial charge in [-0.3, -0.25) is 0 Å². The van der Waals surface area contributed by atoms with E-state index >= 15 is 0 Å². The second-order valence-electron chi connectivity index (χ2n) is 5.28. The number of hydrogen-bond acceptors (Lipinski definition) is 2. The number of fused-ring (bicyclic) bond motifs is 1. The number of hydrogen-bond donors (Lipinski definition) is 0. The van der Waals surface area contributed by atoms with E-state index in [9.17, 15) is 0 Å². The van der Waals surface area contributed by atoms with Gasteiger partial charge < -0.3 is 0 Å². The van der Waals surface area contributed by atoms with Crippen LogP contribution in [0.15, 0.2) is 34.8 Å². The Bertz CT molecular complexity index is 839. The summed E-state index contributed by atoms with van der Waals surface area (Å²) in [6.45, 7) is 6.17. The minimum Gasteiger partial charge on any atom is -0.228 e. The first-order valence-corrected chi connectivity index (χ1v) is 7.84. The van der Waals surface area contributed by atoms with Gasteiger partial charge in [0.2, 0.25) is 0 Å². The van der Waals surface area contributed by atoms with Gasteiger partial charge in [-0.25, -0.2) is 9.97 Å². The summed E-state index contributed by atoms with van der Waals surface area (Å²) in [7, 11) is 0. The van der Waals surface area contributed by atoms with Crippen molar-refractivity contribution >= 4 is 38.4 Å². The van der Waals surface area contributed by atoms with Gasteiger partial charge in [0.15, 0.2) is 5.82 Å². The third kappa shape index (κ3) is 2.68. The number of aromatic nitrogens is 2. The third-order valence-corrected chi connectivity index (χ3v) is 4.64. The number of aryl methyl sites for hydroxylation is 3. The van der Waals surface area contributed by atoms with E-state index in [-0.39, 0.29) is 0 Å². The fraction of sp³-hybridized carbons (Fsp3) is 0.176. The second-order valence-corrected chi connectivity index (χ2v) is 6.50. The Morgan fingerprint density at radius 1 is 0.952 bits per heavy atom. The lowest BCUT2D eigenvalue weighted by Gasteiger charge is -2.09. The van der Waals surface area contributed by atoms with Crippen molar-refractivity contribution in [3.8, 4) is 11.4 Å². The van der Waals surface area contributed by atoms with Gasteiger partial charge >= 0.3 is 0 Å². The van der Waals surface area contributed by atoms with Gasteiger partial charge in [0.1, 0.15) is 5.15 Å². The van der Waals surface area contributed by atoms with Gasteiger partial charge in [-0.1, -0.05) is 44.7 Å². The smallest absolute Gasteiger partial charge is 0.161 e. The van der Waals surface area contributed by atoms with Crippen molar-refractivity contribution in [3.63, 3.8) is 0 Å². The van der Waals surface area contributed by atoms with Crippen molar-refractivity contribution in [1.82, 2.24) is 9.97 Å². The summed E-state index contributed by atoms with van der Waals surface area (Å²) in [5.41, 5.74) is 5.34. The highest BCUT2D eigenvalue weighted by Crippen LogP contribution is 2.30. The van der Waals surface area contributed by atoms with E-state index in [0.717, 1.165) is 26.5 Å². The fourth-order valence-corrected chi connectivity index (χ4v) is 3.06. The van der Waals surface area contributed by atoms with Crippen LogP contribution in [0.3, 0.4) is 0 Å². The van der Waals surface area contributed by atoms with E-state index in [1.807, 2.05) is 19.1 Å². The van der Waals surface area contributed by atoms with Gasteiger partial charge in [0.25, 0.3) is 0 Å². The standard InChI is InChI=1S/C17H14BrClN2/c1-9-6-10(2)8-12(7-9)17-20-15-11(3)14(18)5-4-13(15)16(19)21-17/h4-8H,1-3H3. The molecule has 0 saturated carbocycles. The molecule has 21 heavy (non-hydrogen) atoms. The molecular formula is C17H14BrClN2. The monoisotopic (exact) mass is 360 g/mol. The molecule has 0 aliphatic carbocycles. The predicted octanol–water partition coefficient (Wildman–Crippen LogP) is 5.64. The molecule has 0 atom stereocenters. The fourth-order valence-electron chi connectivity index (χ4n) is 2.50. The average Bonchev–Trinajstić information content (AvgIpc) is 2.42. The van der Waals surface area contributed by atoms with Crippen molar-refractivity contribution in [2.75, 3.05) is 0 Å². The van der Waals surface area contributed by atoms with E-state index in [4.69, 9.17) is 16.6 Å². The summed E-state index contributed by atoms with van der Waals surface area (Å²) in [4.78, 5) is 9.19. The van der Waals surface area contributed by atoms with E-state index in [1.54, 1.807) is 0 Å². The summed E-state index contributed by atoms with van der Waals surface area (Å²) in [6.07, 6.45) is 0. The molecule has 1 aromatic heterocycles. The van der Waals surface area contributed by atoms with Crippen molar-refractivity contribution in [1.29, 1.82) is 0 Å². The molecule has 0 amide bonds. The van der Waals surface area contributed by atoms with Crippen LogP contribution in [-0.2, 0) is 0 Å². The molecule has 3 rings (SSSR count).